The van der Waals surface area contributed by atoms with Gasteiger partial charge in [-0.25, -0.2) is 4.39 Å². The molecule has 3 aromatic rings. The zero-order chi connectivity index (χ0) is 15.7. The van der Waals surface area contributed by atoms with Gasteiger partial charge in [-0.2, -0.15) is 10.4 Å². The highest BCUT2D eigenvalue weighted by molar-refractivity contribution is 5.76. The number of aryl methyl sites for hydroxylation is 2. The summed E-state index contributed by atoms with van der Waals surface area (Å²) in [6.45, 7) is 2.00. The molecule has 3 rings (SSSR count). The Morgan fingerprint density at radius 1 is 1.09 bits per heavy atom. The second kappa shape index (κ2) is 5.45. The highest BCUT2D eigenvalue weighted by Gasteiger charge is 2.15. The molecular weight excluding hydrogens is 277 g/mol. The first kappa shape index (κ1) is 14.0. The Bertz CT molecular complexity index is 870. The summed E-state index contributed by atoms with van der Waals surface area (Å²) in [7, 11) is 1.79. The topological polar surface area (TPSA) is 41.6 Å². The molecule has 0 fully saturated rings. The van der Waals surface area contributed by atoms with Crippen LogP contribution in [-0.2, 0) is 7.05 Å². The molecule has 0 amide bonds. The van der Waals surface area contributed by atoms with Gasteiger partial charge in [0.2, 0.25) is 0 Å². The molecule has 0 aliphatic carbocycles. The van der Waals surface area contributed by atoms with Crippen molar-refractivity contribution in [3.63, 3.8) is 0 Å². The molecule has 0 radical (unpaired) electrons. The minimum Gasteiger partial charge on any atom is -0.275 e. The third-order valence-corrected chi connectivity index (χ3v) is 3.58. The summed E-state index contributed by atoms with van der Waals surface area (Å²) in [5, 5.41) is 13.5. The average molecular weight is 291 g/mol. The van der Waals surface area contributed by atoms with Crippen molar-refractivity contribution < 1.29 is 4.39 Å². The van der Waals surface area contributed by atoms with Crippen LogP contribution < -0.4 is 0 Å². The standard InChI is InChI=1S/C18H14FN3/c1-12-3-5-13(6-4-12)14-9-15(16(11-20)17(19)10-14)18-7-8-22(2)21-18/h3-10H,1-2H3. The smallest absolute Gasteiger partial charge is 0.142 e. The van der Waals surface area contributed by atoms with Crippen LogP contribution in [0.5, 0.6) is 0 Å². The van der Waals surface area contributed by atoms with Gasteiger partial charge in [0, 0.05) is 18.8 Å². The van der Waals surface area contributed by atoms with E-state index in [4.69, 9.17) is 0 Å². The van der Waals surface area contributed by atoms with E-state index in [9.17, 15) is 9.65 Å². The van der Waals surface area contributed by atoms with Gasteiger partial charge in [-0.15, -0.1) is 0 Å². The van der Waals surface area contributed by atoms with Gasteiger partial charge in [-0.1, -0.05) is 29.8 Å². The van der Waals surface area contributed by atoms with Crippen molar-refractivity contribution in [3.05, 3.63) is 65.6 Å². The molecule has 0 aliphatic heterocycles. The van der Waals surface area contributed by atoms with Crippen molar-refractivity contribution in [2.45, 2.75) is 6.92 Å². The van der Waals surface area contributed by atoms with Crippen molar-refractivity contribution in [2.75, 3.05) is 0 Å². The SMILES string of the molecule is Cc1ccc(-c2cc(F)c(C#N)c(-c3ccn(C)n3)c2)cc1. The first-order valence-electron chi connectivity index (χ1n) is 6.89. The van der Waals surface area contributed by atoms with Gasteiger partial charge >= 0.3 is 0 Å². The summed E-state index contributed by atoms with van der Waals surface area (Å²) in [5.41, 5.74) is 3.91. The molecular formula is C18H14FN3. The molecule has 3 nitrogen and oxygen atoms in total. The molecule has 0 atom stereocenters. The lowest BCUT2D eigenvalue weighted by Crippen LogP contribution is -1.94. The van der Waals surface area contributed by atoms with E-state index in [-0.39, 0.29) is 5.56 Å². The second-order valence-corrected chi connectivity index (χ2v) is 5.23. The zero-order valence-corrected chi connectivity index (χ0v) is 12.3. The third kappa shape index (κ3) is 2.49. The van der Waals surface area contributed by atoms with Crippen molar-refractivity contribution >= 4 is 0 Å². The summed E-state index contributed by atoms with van der Waals surface area (Å²) in [5.74, 6) is -0.527. The van der Waals surface area contributed by atoms with E-state index in [2.05, 4.69) is 5.10 Å². The number of hydrogen-bond donors (Lipinski definition) is 0. The Morgan fingerprint density at radius 3 is 2.41 bits per heavy atom. The number of hydrogen-bond acceptors (Lipinski definition) is 2. The lowest BCUT2D eigenvalue weighted by Gasteiger charge is -2.08. The van der Waals surface area contributed by atoms with E-state index in [0.717, 1.165) is 16.7 Å². The summed E-state index contributed by atoms with van der Waals surface area (Å²) in [6.07, 6.45) is 1.77. The largest absolute Gasteiger partial charge is 0.275 e. The molecule has 0 unspecified atom stereocenters. The molecule has 1 heterocycles. The van der Waals surface area contributed by atoms with E-state index >= 15 is 0 Å². The summed E-state index contributed by atoms with van der Waals surface area (Å²) in [6, 6.07) is 14.8. The summed E-state index contributed by atoms with van der Waals surface area (Å²) in [4.78, 5) is 0. The minimum atomic E-state index is -0.527. The van der Waals surface area contributed by atoms with Crippen LogP contribution in [0.3, 0.4) is 0 Å². The van der Waals surface area contributed by atoms with E-state index < -0.39 is 5.82 Å². The van der Waals surface area contributed by atoms with Crippen molar-refractivity contribution in [2.24, 2.45) is 7.05 Å². The fourth-order valence-corrected chi connectivity index (χ4v) is 2.39. The minimum absolute atomic E-state index is 0.0227. The lowest BCUT2D eigenvalue weighted by atomic mass is 9.97. The van der Waals surface area contributed by atoms with E-state index in [1.54, 1.807) is 24.0 Å². The van der Waals surface area contributed by atoms with Crippen molar-refractivity contribution in [3.8, 4) is 28.5 Å². The van der Waals surface area contributed by atoms with Crippen LogP contribution in [0.25, 0.3) is 22.4 Å². The molecule has 2 aromatic carbocycles. The van der Waals surface area contributed by atoms with Crippen LogP contribution in [0.4, 0.5) is 4.39 Å². The van der Waals surface area contributed by atoms with Gasteiger partial charge < -0.3 is 0 Å². The Labute approximate surface area is 128 Å². The molecule has 0 saturated carbocycles. The predicted octanol–water partition coefficient (Wildman–Crippen LogP) is 4.07. The van der Waals surface area contributed by atoms with E-state index in [0.29, 0.717) is 11.3 Å². The fourth-order valence-electron chi connectivity index (χ4n) is 2.39. The molecule has 0 spiro atoms. The number of benzene rings is 2. The fraction of sp³-hybridized carbons (Fsp3) is 0.111. The molecule has 1 aromatic heterocycles. The third-order valence-electron chi connectivity index (χ3n) is 3.58. The van der Waals surface area contributed by atoms with Crippen LogP contribution in [0.2, 0.25) is 0 Å². The number of rotatable bonds is 2. The van der Waals surface area contributed by atoms with Crippen molar-refractivity contribution in [1.82, 2.24) is 9.78 Å². The maximum Gasteiger partial charge on any atom is 0.142 e. The van der Waals surface area contributed by atoms with Crippen LogP contribution in [-0.4, -0.2) is 9.78 Å². The highest BCUT2D eigenvalue weighted by atomic mass is 19.1. The quantitative estimate of drug-likeness (QED) is 0.714. The van der Waals surface area contributed by atoms with Crippen LogP contribution in [0.15, 0.2) is 48.7 Å². The second-order valence-electron chi connectivity index (χ2n) is 5.23. The normalized spacial score (nSPS) is 10.5. The molecule has 22 heavy (non-hydrogen) atoms. The summed E-state index contributed by atoms with van der Waals surface area (Å²) < 4.78 is 15.9. The first-order chi connectivity index (χ1) is 10.6. The van der Waals surface area contributed by atoms with E-state index in [1.807, 2.05) is 43.3 Å². The Kier molecular flexibility index (Phi) is 3.48. The number of nitriles is 1. The Hall–Kier alpha value is -2.93. The Balaban J connectivity index is 2.20. The highest BCUT2D eigenvalue weighted by Crippen LogP contribution is 2.30. The van der Waals surface area contributed by atoms with Crippen molar-refractivity contribution in [1.29, 1.82) is 5.26 Å². The Morgan fingerprint density at radius 2 is 1.82 bits per heavy atom. The van der Waals surface area contributed by atoms with Crippen LogP contribution >= 0.6 is 0 Å². The van der Waals surface area contributed by atoms with Gasteiger partial charge in [0.05, 0.1) is 11.3 Å². The van der Waals surface area contributed by atoms with Crippen LogP contribution in [0.1, 0.15) is 11.1 Å². The molecule has 108 valence electrons. The first-order valence-corrected chi connectivity index (χ1v) is 6.89. The molecule has 4 heteroatoms. The van der Waals surface area contributed by atoms with Gasteiger partial charge in [-0.05, 0) is 36.2 Å². The maximum atomic E-state index is 14.3. The van der Waals surface area contributed by atoms with Gasteiger partial charge in [0.1, 0.15) is 11.9 Å². The van der Waals surface area contributed by atoms with Gasteiger partial charge in [0.25, 0.3) is 0 Å². The average Bonchev–Trinajstić information content (AvgIpc) is 2.93. The lowest BCUT2D eigenvalue weighted by molar-refractivity contribution is 0.625. The monoisotopic (exact) mass is 291 g/mol. The molecule has 0 bridgehead atoms. The van der Waals surface area contributed by atoms with Crippen LogP contribution in [0, 0.1) is 24.1 Å². The van der Waals surface area contributed by atoms with E-state index in [1.165, 1.54) is 6.07 Å². The predicted molar refractivity (Wildman–Crippen MR) is 83.5 cm³/mol. The number of halogens is 1. The molecule has 0 N–H and O–H groups in total. The maximum absolute atomic E-state index is 14.3. The summed E-state index contributed by atoms with van der Waals surface area (Å²) >= 11 is 0. The van der Waals surface area contributed by atoms with Gasteiger partial charge in [-0.3, -0.25) is 4.68 Å². The zero-order valence-electron chi connectivity index (χ0n) is 12.3. The number of aromatic nitrogens is 2. The molecule has 0 saturated heterocycles. The van der Waals surface area contributed by atoms with Gasteiger partial charge in [0.15, 0.2) is 0 Å². The number of nitrogens with zero attached hydrogens (tertiary/aromatic N) is 3. The molecule has 0 aliphatic rings.